The van der Waals surface area contributed by atoms with E-state index >= 15 is 0 Å². The summed E-state index contributed by atoms with van der Waals surface area (Å²) in [7, 11) is -6.65. The molecule has 18 heavy (non-hydrogen) atoms. The Morgan fingerprint density at radius 2 is 1.22 bits per heavy atom. The highest BCUT2D eigenvalue weighted by atomic mass is 32.2. The van der Waals surface area contributed by atoms with Crippen LogP contribution in [0.4, 0.5) is 39.5 Å². The Labute approximate surface area is 93.3 Å². The molecule has 0 rings (SSSR count). The standard InChI is InChI=1S/C5H3F9O3S/c6-1(4(9,10)11)2(18(15,16)17)3(7,8)5(12,13)14/h1-2H,(H,15,16,17). The first kappa shape index (κ1) is 17.3. The zero-order valence-corrected chi connectivity index (χ0v) is 8.54. The second-order valence-electron chi connectivity index (χ2n) is 3.00. The Balaban J connectivity index is 5.86. The Bertz CT molecular complexity index is 393. The minimum atomic E-state index is -6.79. The molecule has 0 saturated heterocycles. The van der Waals surface area contributed by atoms with Gasteiger partial charge < -0.3 is 0 Å². The van der Waals surface area contributed by atoms with Gasteiger partial charge in [0.1, 0.15) is 0 Å². The van der Waals surface area contributed by atoms with Gasteiger partial charge in [-0.1, -0.05) is 0 Å². The van der Waals surface area contributed by atoms with Crippen LogP contribution in [-0.2, 0) is 10.1 Å². The number of hydrogen-bond acceptors (Lipinski definition) is 2. The Kier molecular flexibility index (Phi) is 4.26. The molecule has 2 unspecified atom stereocenters. The average Bonchev–Trinajstić information content (AvgIpc) is 1.95. The molecule has 110 valence electrons. The molecule has 0 heterocycles. The molecular formula is C5H3F9O3S. The minimum Gasteiger partial charge on any atom is -0.285 e. The maximum Gasteiger partial charge on any atom is 0.454 e. The molecule has 3 nitrogen and oxygen atoms in total. The molecule has 0 amide bonds. The van der Waals surface area contributed by atoms with Crippen molar-refractivity contribution in [1.82, 2.24) is 0 Å². The highest BCUT2D eigenvalue weighted by Crippen LogP contribution is 2.45. The van der Waals surface area contributed by atoms with Crippen LogP contribution in [0.25, 0.3) is 0 Å². The predicted molar refractivity (Wildman–Crippen MR) is 37.3 cm³/mol. The van der Waals surface area contributed by atoms with Crippen LogP contribution < -0.4 is 0 Å². The molecule has 0 aliphatic rings. The van der Waals surface area contributed by atoms with Crippen LogP contribution in [0.3, 0.4) is 0 Å². The van der Waals surface area contributed by atoms with Crippen LogP contribution >= 0.6 is 0 Å². The molecule has 0 radical (unpaired) electrons. The first-order chi connectivity index (χ1) is 7.53. The molecule has 2 atom stereocenters. The van der Waals surface area contributed by atoms with E-state index in [-0.39, 0.29) is 0 Å². The van der Waals surface area contributed by atoms with Gasteiger partial charge in [0, 0.05) is 0 Å². The summed E-state index contributed by atoms with van der Waals surface area (Å²) in [5.74, 6) is -6.62. The first-order valence-electron chi connectivity index (χ1n) is 3.64. The summed E-state index contributed by atoms with van der Waals surface area (Å²) in [5.41, 5.74) is 0. The van der Waals surface area contributed by atoms with Crippen molar-refractivity contribution in [1.29, 1.82) is 0 Å². The van der Waals surface area contributed by atoms with Gasteiger partial charge in [0.15, 0.2) is 5.25 Å². The van der Waals surface area contributed by atoms with Gasteiger partial charge in [-0.15, -0.1) is 0 Å². The number of halogens is 9. The fourth-order valence-electron chi connectivity index (χ4n) is 0.855. The highest BCUT2D eigenvalue weighted by Gasteiger charge is 2.72. The van der Waals surface area contributed by atoms with Gasteiger partial charge in [-0.05, 0) is 0 Å². The van der Waals surface area contributed by atoms with Crippen LogP contribution in [-0.4, -0.2) is 42.7 Å². The van der Waals surface area contributed by atoms with E-state index in [1.165, 1.54) is 0 Å². The predicted octanol–water partition coefficient (Wildman–Crippen LogP) is 2.34. The van der Waals surface area contributed by atoms with E-state index in [9.17, 15) is 47.9 Å². The SMILES string of the molecule is O=S(=O)(O)C(C(F)C(F)(F)F)C(F)(F)C(F)(F)F. The summed E-state index contributed by atoms with van der Waals surface area (Å²) in [5, 5.41) is -5.02. The molecule has 0 aliphatic heterocycles. The number of hydrogen-bond donors (Lipinski definition) is 1. The van der Waals surface area contributed by atoms with Crippen molar-refractivity contribution in [3.63, 3.8) is 0 Å². The molecule has 0 bridgehead atoms. The van der Waals surface area contributed by atoms with Crippen molar-refractivity contribution >= 4 is 10.1 Å². The summed E-state index contributed by atoms with van der Waals surface area (Å²) in [4.78, 5) is 0. The molecular weight excluding hydrogens is 311 g/mol. The third-order valence-corrected chi connectivity index (χ3v) is 2.81. The van der Waals surface area contributed by atoms with Gasteiger partial charge in [-0.2, -0.15) is 43.5 Å². The quantitative estimate of drug-likeness (QED) is 0.642. The van der Waals surface area contributed by atoms with Crippen LogP contribution in [0.2, 0.25) is 0 Å². The summed E-state index contributed by atoms with van der Waals surface area (Å²) >= 11 is 0. The average molecular weight is 314 g/mol. The largest absolute Gasteiger partial charge is 0.454 e. The molecule has 0 aromatic heterocycles. The summed E-state index contributed by atoms with van der Waals surface area (Å²) in [6.45, 7) is 0. The van der Waals surface area contributed by atoms with Crippen molar-refractivity contribution < 1.29 is 52.5 Å². The first-order valence-corrected chi connectivity index (χ1v) is 5.15. The Hall–Kier alpha value is -0.720. The van der Waals surface area contributed by atoms with Gasteiger partial charge in [0.05, 0.1) is 0 Å². The molecule has 13 heteroatoms. The van der Waals surface area contributed by atoms with Crippen molar-refractivity contribution in [2.75, 3.05) is 0 Å². The normalized spacial score (nSPS) is 18.6. The van der Waals surface area contributed by atoms with E-state index < -0.39 is 39.8 Å². The van der Waals surface area contributed by atoms with Crippen LogP contribution in [0.1, 0.15) is 0 Å². The monoisotopic (exact) mass is 314 g/mol. The lowest BCUT2D eigenvalue weighted by atomic mass is 10.1. The Morgan fingerprint density at radius 1 is 0.889 bits per heavy atom. The van der Waals surface area contributed by atoms with Crippen molar-refractivity contribution in [2.45, 2.75) is 29.7 Å². The fourth-order valence-corrected chi connectivity index (χ4v) is 1.82. The maximum absolute atomic E-state index is 12.5. The molecule has 1 N–H and O–H groups in total. The molecule has 0 saturated carbocycles. The lowest BCUT2D eigenvalue weighted by Gasteiger charge is -2.29. The van der Waals surface area contributed by atoms with Gasteiger partial charge >= 0.3 is 18.3 Å². The molecule has 0 aromatic carbocycles. The molecule has 0 fully saturated rings. The fraction of sp³-hybridized carbons (Fsp3) is 1.00. The van der Waals surface area contributed by atoms with E-state index in [0.29, 0.717) is 0 Å². The van der Waals surface area contributed by atoms with E-state index in [4.69, 9.17) is 4.55 Å². The molecule has 0 aliphatic carbocycles. The van der Waals surface area contributed by atoms with Crippen LogP contribution in [0.5, 0.6) is 0 Å². The summed E-state index contributed by atoms with van der Waals surface area (Å²) < 4.78 is 136. The minimum absolute atomic E-state index is 5.02. The molecule has 0 spiro atoms. The van der Waals surface area contributed by atoms with E-state index in [0.717, 1.165) is 0 Å². The van der Waals surface area contributed by atoms with E-state index in [1.54, 1.807) is 0 Å². The van der Waals surface area contributed by atoms with E-state index in [1.807, 2.05) is 0 Å². The smallest absolute Gasteiger partial charge is 0.285 e. The van der Waals surface area contributed by atoms with Crippen LogP contribution in [0, 0.1) is 0 Å². The third-order valence-electron chi connectivity index (χ3n) is 1.63. The summed E-state index contributed by atoms with van der Waals surface area (Å²) in [6.07, 6.45) is -18.2. The topological polar surface area (TPSA) is 54.4 Å². The van der Waals surface area contributed by atoms with Gasteiger partial charge in [0.25, 0.3) is 10.1 Å². The number of alkyl halides is 9. The second kappa shape index (κ2) is 4.43. The van der Waals surface area contributed by atoms with Crippen molar-refractivity contribution in [2.24, 2.45) is 0 Å². The van der Waals surface area contributed by atoms with Gasteiger partial charge in [0.2, 0.25) is 6.17 Å². The lowest BCUT2D eigenvalue weighted by Crippen LogP contribution is -2.58. The zero-order chi connectivity index (χ0) is 15.2. The van der Waals surface area contributed by atoms with Crippen molar-refractivity contribution in [3.05, 3.63) is 0 Å². The second-order valence-corrected chi connectivity index (χ2v) is 4.54. The van der Waals surface area contributed by atoms with Crippen molar-refractivity contribution in [3.8, 4) is 0 Å². The maximum atomic E-state index is 12.5. The van der Waals surface area contributed by atoms with Gasteiger partial charge in [-0.3, -0.25) is 4.55 Å². The Morgan fingerprint density at radius 3 is 1.39 bits per heavy atom. The van der Waals surface area contributed by atoms with Crippen LogP contribution in [0.15, 0.2) is 0 Å². The number of rotatable bonds is 3. The molecule has 0 aromatic rings. The van der Waals surface area contributed by atoms with Gasteiger partial charge in [-0.25, -0.2) is 4.39 Å². The third kappa shape index (κ3) is 3.40. The zero-order valence-electron chi connectivity index (χ0n) is 7.73. The van der Waals surface area contributed by atoms with E-state index in [2.05, 4.69) is 0 Å². The summed E-state index contributed by atoms with van der Waals surface area (Å²) in [6, 6.07) is 0. The highest BCUT2D eigenvalue weighted by molar-refractivity contribution is 7.86. The lowest BCUT2D eigenvalue weighted by molar-refractivity contribution is -0.297.